The van der Waals surface area contributed by atoms with Crippen LogP contribution < -0.4 is 10.5 Å². The molecule has 0 aromatic heterocycles. The number of piperidine rings is 1. The van der Waals surface area contributed by atoms with Crippen molar-refractivity contribution in [3.63, 3.8) is 0 Å². The zero-order chi connectivity index (χ0) is 15.7. The first-order chi connectivity index (χ1) is 10.5. The van der Waals surface area contributed by atoms with E-state index in [2.05, 4.69) is 15.9 Å². The monoisotopic (exact) mass is 368 g/mol. The Hall–Kier alpha value is -1.27. The molecule has 2 N–H and O–H groups in total. The van der Waals surface area contributed by atoms with Crippen molar-refractivity contribution in [2.45, 2.75) is 37.8 Å². The molecule has 0 bridgehead atoms. The van der Waals surface area contributed by atoms with Gasteiger partial charge in [0.15, 0.2) is 0 Å². The number of rotatable bonds is 1. The van der Waals surface area contributed by atoms with E-state index in [4.69, 9.17) is 15.2 Å². The lowest BCUT2D eigenvalue weighted by Crippen LogP contribution is -2.52. The van der Waals surface area contributed by atoms with Gasteiger partial charge in [-0.25, -0.2) is 4.79 Å². The van der Waals surface area contributed by atoms with Gasteiger partial charge in [-0.15, -0.1) is 0 Å². The van der Waals surface area contributed by atoms with Gasteiger partial charge in [0.2, 0.25) is 0 Å². The van der Waals surface area contributed by atoms with E-state index >= 15 is 0 Å². The van der Waals surface area contributed by atoms with E-state index in [1.54, 1.807) is 4.90 Å². The Bertz CT molecular complexity index is 571. The summed E-state index contributed by atoms with van der Waals surface area (Å²) in [6.45, 7) is 3.53. The molecule has 1 saturated heterocycles. The minimum Gasteiger partial charge on any atom is -0.487 e. The molecule has 0 radical (unpaired) electrons. The molecular formula is C16H21BrN2O3. The Balaban J connectivity index is 1.72. The van der Waals surface area contributed by atoms with Crippen molar-refractivity contribution in [3.8, 4) is 5.75 Å². The fourth-order valence-electron chi connectivity index (χ4n) is 3.31. The van der Waals surface area contributed by atoms with Crippen LogP contribution in [0.5, 0.6) is 5.75 Å². The molecule has 1 unspecified atom stereocenters. The van der Waals surface area contributed by atoms with Gasteiger partial charge in [-0.2, -0.15) is 0 Å². The quantitative estimate of drug-likeness (QED) is 0.826. The van der Waals surface area contributed by atoms with Crippen molar-refractivity contribution >= 4 is 22.0 Å². The number of carbonyl (C=O) groups excluding carboxylic acids is 1. The van der Waals surface area contributed by atoms with Crippen LogP contribution in [-0.2, 0) is 4.74 Å². The van der Waals surface area contributed by atoms with Crippen molar-refractivity contribution in [1.29, 1.82) is 0 Å². The number of hydrogen-bond acceptors (Lipinski definition) is 4. The number of nitrogens with two attached hydrogens (primary N) is 1. The Morgan fingerprint density at radius 3 is 2.91 bits per heavy atom. The highest BCUT2D eigenvalue weighted by molar-refractivity contribution is 9.10. The van der Waals surface area contributed by atoms with Gasteiger partial charge in [0.25, 0.3) is 0 Å². The van der Waals surface area contributed by atoms with Gasteiger partial charge < -0.3 is 20.1 Å². The summed E-state index contributed by atoms with van der Waals surface area (Å²) in [6, 6.07) is 5.94. The molecule has 120 valence electrons. The van der Waals surface area contributed by atoms with Gasteiger partial charge >= 0.3 is 6.09 Å². The van der Waals surface area contributed by atoms with Gasteiger partial charge in [0.05, 0.1) is 6.61 Å². The first-order valence-corrected chi connectivity index (χ1v) is 8.48. The molecule has 0 aliphatic carbocycles. The Kier molecular flexibility index (Phi) is 4.32. The Morgan fingerprint density at radius 1 is 1.50 bits per heavy atom. The number of nitrogens with zero attached hydrogens (tertiary/aromatic N) is 1. The highest BCUT2D eigenvalue weighted by Gasteiger charge is 2.43. The SMILES string of the molecule is CCOC(=O)N1CCC2(CC1)CC(N)c1cc(Br)ccc1O2. The average molecular weight is 369 g/mol. The Labute approximate surface area is 138 Å². The van der Waals surface area contributed by atoms with Crippen molar-refractivity contribution < 1.29 is 14.3 Å². The second-order valence-corrected chi connectivity index (χ2v) is 6.88. The minimum atomic E-state index is -0.261. The number of benzene rings is 1. The standard InChI is InChI=1S/C16H21BrN2O3/c1-2-21-15(20)19-7-5-16(6-8-19)10-13(18)12-9-11(17)3-4-14(12)22-16/h3-4,9,13H,2,5-8,10,18H2,1H3. The lowest BCUT2D eigenvalue weighted by atomic mass is 9.81. The first kappa shape index (κ1) is 15.6. The van der Waals surface area contributed by atoms with Gasteiger partial charge in [-0.3, -0.25) is 0 Å². The summed E-state index contributed by atoms with van der Waals surface area (Å²) in [6.07, 6.45) is 2.12. The van der Waals surface area contributed by atoms with E-state index in [0.29, 0.717) is 19.7 Å². The third-order valence-electron chi connectivity index (χ3n) is 4.49. The summed E-state index contributed by atoms with van der Waals surface area (Å²) < 4.78 is 12.4. The molecule has 1 atom stereocenters. The predicted molar refractivity (Wildman–Crippen MR) is 86.9 cm³/mol. The van der Waals surface area contributed by atoms with Crippen LogP contribution in [0.15, 0.2) is 22.7 Å². The molecule has 1 amide bonds. The molecule has 0 saturated carbocycles. The van der Waals surface area contributed by atoms with Crippen LogP contribution in [0.2, 0.25) is 0 Å². The molecule has 1 aromatic carbocycles. The normalized spacial score (nSPS) is 22.9. The van der Waals surface area contributed by atoms with Crippen LogP contribution in [0.3, 0.4) is 0 Å². The number of carbonyl (C=O) groups is 1. The van der Waals surface area contributed by atoms with Crippen LogP contribution in [-0.4, -0.2) is 36.3 Å². The lowest BCUT2D eigenvalue weighted by Gasteiger charge is -2.46. The molecule has 2 aliphatic heterocycles. The van der Waals surface area contributed by atoms with E-state index in [-0.39, 0.29) is 17.7 Å². The molecular weight excluding hydrogens is 348 g/mol. The summed E-state index contributed by atoms with van der Waals surface area (Å²) >= 11 is 3.47. The fraction of sp³-hybridized carbons (Fsp3) is 0.562. The maximum Gasteiger partial charge on any atom is 0.409 e. The van der Waals surface area contributed by atoms with Crippen LogP contribution in [0.4, 0.5) is 4.79 Å². The third kappa shape index (κ3) is 2.94. The largest absolute Gasteiger partial charge is 0.487 e. The van der Waals surface area contributed by atoms with Crippen LogP contribution >= 0.6 is 15.9 Å². The fourth-order valence-corrected chi connectivity index (χ4v) is 3.68. The van der Waals surface area contributed by atoms with E-state index in [1.165, 1.54) is 0 Å². The van der Waals surface area contributed by atoms with E-state index in [9.17, 15) is 4.79 Å². The predicted octanol–water partition coefficient (Wildman–Crippen LogP) is 3.22. The Morgan fingerprint density at radius 2 is 2.23 bits per heavy atom. The molecule has 6 heteroatoms. The number of halogens is 1. The molecule has 2 aliphatic rings. The van der Waals surface area contributed by atoms with Crippen LogP contribution in [0.1, 0.15) is 37.8 Å². The van der Waals surface area contributed by atoms with Crippen molar-refractivity contribution in [3.05, 3.63) is 28.2 Å². The van der Waals surface area contributed by atoms with Gasteiger partial charge in [-0.1, -0.05) is 15.9 Å². The molecule has 2 heterocycles. The second-order valence-electron chi connectivity index (χ2n) is 5.96. The number of hydrogen-bond donors (Lipinski definition) is 1. The minimum absolute atomic E-state index is 0.0320. The average Bonchev–Trinajstić information content (AvgIpc) is 2.49. The molecule has 5 nitrogen and oxygen atoms in total. The van der Waals surface area contributed by atoms with E-state index < -0.39 is 0 Å². The van der Waals surface area contributed by atoms with Crippen molar-refractivity contribution in [2.24, 2.45) is 5.73 Å². The molecule has 3 rings (SSSR count). The summed E-state index contributed by atoms with van der Waals surface area (Å²) in [5.41, 5.74) is 7.15. The van der Waals surface area contributed by atoms with E-state index in [0.717, 1.165) is 35.0 Å². The zero-order valence-corrected chi connectivity index (χ0v) is 14.3. The van der Waals surface area contributed by atoms with E-state index in [1.807, 2.05) is 25.1 Å². The van der Waals surface area contributed by atoms with Crippen molar-refractivity contribution in [1.82, 2.24) is 4.90 Å². The maximum atomic E-state index is 11.8. The van der Waals surface area contributed by atoms with Crippen LogP contribution in [0.25, 0.3) is 0 Å². The number of ether oxygens (including phenoxy) is 2. The van der Waals surface area contributed by atoms with Crippen molar-refractivity contribution in [2.75, 3.05) is 19.7 Å². The molecule has 1 aromatic rings. The smallest absolute Gasteiger partial charge is 0.409 e. The van der Waals surface area contributed by atoms with Crippen LogP contribution in [0, 0.1) is 0 Å². The highest BCUT2D eigenvalue weighted by atomic mass is 79.9. The summed E-state index contributed by atoms with van der Waals surface area (Å²) in [4.78, 5) is 13.6. The third-order valence-corrected chi connectivity index (χ3v) is 4.98. The topological polar surface area (TPSA) is 64.8 Å². The van der Waals surface area contributed by atoms with Gasteiger partial charge in [0, 0.05) is 48.4 Å². The molecule has 22 heavy (non-hydrogen) atoms. The summed E-state index contributed by atoms with van der Waals surface area (Å²) in [5, 5.41) is 0. The zero-order valence-electron chi connectivity index (χ0n) is 12.7. The lowest BCUT2D eigenvalue weighted by molar-refractivity contribution is -0.0205. The summed E-state index contributed by atoms with van der Waals surface area (Å²) in [7, 11) is 0. The maximum absolute atomic E-state index is 11.8. The highest BCUT2D eigenvalue weighted by Crippen LogP contribution is 2.44. The number of fused-ring (bicyclic) bond motifs is 1. The number of amides is 1. The second kappa shape index (κ2) is 6.08. The van der Waals surface area contributed by atoms with Gasteiger partial charge in [-0.05, 0) is 25.1 Å². The first-order valence-electron chi connectivity index (χ1n) is 7.69. The van der Waals surface area contributed by atoms with Gasteiger partial charge in [0.1, 0.15) is 11.4 Å². The molecule has 1 fully saturated rings. The molecule has 1 spiro atoms. The summed E-state index contributed by atoms with van der Waals surface area (Å²) in [5.74, 6) is 0.867. The number of likely N-dealkylation sites (tertiary alicyclic amines) is 1.